The molecule has 2 aromatic rings. The first-order valence-electron chi connectivity index (χ1n) is 6.37. The molecule has 0 radical (unpaired) electrons. The minimum atomic E-state index is 0.0201. The Kier molecular flexibility index (Phi) is 4.05. The maximum atomic E-state index is 12.1. The molecule has 0 bridgehead atoms. The second-order valence-electron chi connectivity index (χ2n) is 5.65. The lowest BCUT2D eigenvalue weighted by molar-refractivity contribution is -0.115. The Labute approximate surface area is 118 Å². The molecular formula is C16H19NOS. The summed E-state index contributed by atoms with van der Waals surface area (Å²) in [6, 6.07) is 9.98. The van der Waals surface area contributed by atoms with Crippen molar-refractivity contribution in [3.8, 4) is 0 Å². The lowest BCUT2D eigenvalue weighted by atomic mass is 9.86. The molecule has 1 aromatic carbocycles. The van der Waals surface area contributed by atoms with Crippen LogP contribution in [0.1, 0.15) is 31.9 Å². The zero-order valence-corrected chi connectivity index (χ0v) is 12.4. The third kappa shape index (κ3) is 3.67. The van der Waals surface area contributed by atoms with Crippen molar-refractivity contribution in [1.29, 1.82) is 0 Å². The third-order valence-corrected chi connectivity index (χ3v) is 3.69. The lowest BCUT2D eigenvalue weighted by Gasteiger charge is -2.23. The Morgan fingerprint density at radius 2 is 1.95 bits per heavy atom. The molecule has 0 fully saturated rings. The monoisotopic (exact) mass is 273 g/mol. The summed E-state index contributed by atoms with van der Waals surface area (Å²) in [6.45, 7) is 6.45. The molecule has 0 atom stereocenters. The topological polar surface area (TPSA) is 29.1 Å². The highest BCUT2D eigenvalue weighted by Crippen LogP contribution is 2.29. The van der Waals surface area contributed by atoms with Crippen LogP contribution in [-0.4, -0.2) is 5.91 Å². The molecule has 19 heavy (non-hydrogen) atoms. The van der Waals surface area contributed by atoms with E-state index in [1.165, 1.54) is 0 Å². The van der Waals surface area contributed by atoms with Gasteiger partial charge in [0.1, 0.15) is 0 Å². The summed E-state index contributed by atoms with van der Waals surface area (Å²) in [4.78, 5) is 12.1. The summed E-state index contributed by atoms with van der Waals surface area (Å²) in [5, 5.41) is 7.02. The molecular weight excluding hydrogens is 254 g/mol. The van der Waals surface area contributed by atoms with E-state index in [-0.39, 0.29) is 11.3 Å². The van der Waals surface area contributed by atoms with E-state index in [2.05, 4.69) is 32.2 Å². The third-order valence-electron chi connectivity index (χ3n) is 2.95. The van der Waals surface area contributed by atoms with Crippen LogP contribution in [0.4, 0.5) is 5.69 Å². The first kappa shape index (κ1) is 13.8. The number of rotatable bonds is 3. The Balaban J connectivity index is 2.13. The molecule has 0 aliphatic heterocycles. The second kappa shape index (κ2) is 5.57. The molecule has 2 rings (SSSR count). The summed E-state index contributed by atoms with van der Waals surface area (Å²) >= 11 is 1.62. The average molecular weight is 273 g/mol. The fourth-order valence-corrected chi connectivity index (χ4v) is 2.69. The van der Waals surface area contributed by atoms with Crippen molar-refractivity contribution in [2.45, 2.75) is 32.6 Å². The standard InChI is InChI=1S/C16H19NOS/c1-16(2,3)13-6-4-5-7-14(13)17-15(18)10-12-8-9-19-11-12/h4-9,11H,10H2,1-3H3,(H,17,18). The summed E-state index contributed by atoms with van der Waals surface area (Å²) in [7, 11) is 0. The molecule has 1 N–H and O–H groups in total. The molecule has 0 spiro atoms. The van der Waals surface area contributed by atoms with E-state index in [4.69, 9.17) is 0 Å². The van der Waals surface area contributed by atoms with E-state index >= 15 is 0 Å². The number of carbonyl (C=O) groups is 1. The van der Waals surface area contributed by atoms with E-state index in [1.807, 2.05) is 35.0 Å². The highest BCUT2D eigenvalue weighted by molar-refractivity contribution is 7.08. The van der Waals surface area contributed by atoms with E-state index in [0.717, 1.165) is 16.8 Å². The van der Waals surface area contributed by atoms with Crippen molar-refractivity contribution in [2.75, 3.05) is 5.32 Å². The number of carbonyl (C=O) groups excluding carboxylic acids is 1. The number of benzene rings is 1. The average Bonchev–Trinajstić information content (AvgIpc) is 2.81. The van der Waals surface area contributed by atoms with Crippen LogP contribution in [0.2, 0.25) is 0 Å². The van der Waals surface area contributed by atoms with Crippen molar-refractivity contribution in [1.82, 2.24) is 0 Å². The summed E-state index contributed by atoms with van der Waals surface area (Å²) in [5.74, 6) is 0.0371. The van der Waals surface area contributed by atoms with Crippen LogP contribution in [-0.2, 0) is 16.6 Å². The largest absolute Gasteiger partial charge is 0.326 e. The first-order valence-corrected chi connectivity index (χ1v) is 7.31. The highest BCUT2D eigenvalue weighted by atomic mass is 32.1. The molecule has 0 saturated carbocycles. The number of thiophene rings is 1. The highest BCUT2D eigenvalue weighted by Gasteiger charge is 2.18. The van der Waals surface area contributed by atoms with Crippen LogP contribution in [0, 0.1) is 0 Å². The molecule has 1 amide bonds. The molecule has 0 unspecified atom stereocenters. The number of para-hydroxylation sites is 1. The lowest BCUT2D eigenvalue weighted by Crippen LogP contribution is -2.19. The zero-order valence-electron chi connectivity index (χ0n) is 11.6. The second-order valence-corrected chi connectivity index (χ2v) is 6.43. The molecule has 0 saturated heterocycles. The molecule has 0 aliphatic carbocycles. The van der Waals surface area contributed by atoms with Gasteiger partial charge in [-0.2, -0.15) is 11.3 Å². The van der Waals surface area contributed by atoms with Crippen LogP contribution in [0.15, 0.2) is 41.1 Å². The molecule has 100 valence electrons. The van der Waals surface area contributed by atoms with Gasteiger partial charge in [0.05, 0.1) is 6.42 Å². The summed E-state index contributed by atoms with van der Waals surface area (Å²) in [5.41, 5.74) is 3.16. The molecule has 1 aromatic heterocycles. The van der Waals surface area contributed by atoms with Gasteiger partial charge in [-0.3, -0.25) is 4.79 Å². The van der Waals surface area contributed by atoms with E-state index in [9.17, 15) is 4.79 Å². The maximum Gasteiger partial charge on any atom is 0.228 e. The minimum Gasteiger partial charge on any atom is -0.326 e. The van der Waals surface area contributed by atoms with Gasteiger partial charge in [-0.05, 0) is 39.4 Å². The Bertz CT molecular complexity index is 552. The Morgan fingerprint density at radius 3 is 2.58 bits per heavy atom. The van der Waals surface area contributed by atoms with E-state index < -0.39 is 0 Å². The summed E-state index contributed by atoms with van der Waals surface area (Å²) in [6.07, 6.45) is 0.433. The van der Waals surface area contributed by atoms with Crippen molar-refractivity contribution < 1.29 is 4.79 Å². The number of hydrogen-bond acceptors (Lipinski definition) is 2. The van der Waals surface area contributed by atoms with Crippen molar-refractivity contribution in [3.63, 3.8) is 0 Å². The molecule has 1 heterocycles. The normalized spacial score (nSPS) is 11.3. The van der Waals surface area contributed by atoms with Gasteiger partial charge in [0.2, 0.25) is 5.91 Å². The summed E-state index contributed by atoms with van der Waals surface area (Å²) < 4.78 is 0. The predicted octanol–water partition coefficient (Wildman–Crippen LogP) is 4.23. The number of amides is 1. The van der Waals surface area contributed by atoms with Crippen LogP contribution >= 0.6 is 11.3 Å². The number of anilines is 1. The Hall–Kier alpha value is -1.61. The molecule has 2 nitrogen and oxygen atoms in total. The minimum absolute atomic E-state index is 0.0201. The van der Waals surface area contributed by atoms with Gasteiger partial charge >= 0.3 is 0 Å². The van der Waals surface area contributed by atoms with Crippen LogP contribution in [0.25, 0.3) is 0 Å². The number of nitrogens with one attached hydrogen (secondary N) is 1. The van der Waals surface area contributed by atoms with E-state index in [0.29, 0.717) is 6.42 Å². The van der Waals surface area contributed by atoms with Gasteiger partial charge < -0.3 is 5.32 Å². The van der Waals surface area contributed by atoms with Gasteiger partial charge in [0.25, 0.3) is 0 Å². The van der Waals surface area contributed by atoms with Crippen LogP contribution in [0.5, 0.6) is 0 Å². The van der Waals surface area contributed by atoms with Gasteiger partial charge in [-0.15, -0.1) is 0 Å². The van der Waals surface area contributed by atoms with Gasteiger partial charge in [0.15, 0.2) is 0 Å². The molecule has 3 heteroatoms. The SMILES string of the molecule is CC(C)(C)c1ccccc1NC(=O)Cc1ccsc1. The van der Waals surface area contributed by atoms with Gasteiger partial charge in [-0.1, -0.05) is 39.0 Å². The van der Waals surface area contributed by atoms with Gasteiger partial charge in [-0.25, -0.2) is 0 Å². The van der Waals surface area contributed by atoms with Crippen molar-refractivity contribution in [3.05, 3.63) is 52.2 Å². The smallest absolute Gasteiger partial charge is 0.228 e. The molecule has 0 aliphatic rings. The maximum absolute atomic E-state index is 12.1. The predicted molar refractivity (Wildman–Crippen MR) is 81.8 cm³/mol. The first-order chi connectivity index (χ1) is 8.97. The van der Waals surface area contributed by atoms with Crippen LogP contribution < -0.4 is 5.32 Å². The Morgan fingerprint density at radius 1 is 1.21 bits per heavy atom. The van der Waals surface area contributed by atoms with Crippen molar-refractivity contribution in [2.24, 2.45) is 0 Å². The van der Waals surface area contributed by atoms with Crippen LogP contribution in [0.3, 0.4) is 0 Å². The quantitative estimate of drug-likeness (QED) is 0.891. The van der Waals surface area contributed by atoms with E-state index in [1.54, 1.807) is 11.3 Å². The number of hydrogen-bond donors (Lipinski definition) is 1. The zero-order chi connectivity index (χ0) is 13.9. The fourth-order valence-electron chi connectivity index (χ4n) is 2.02. The van der Waals surface area contributed by atoms with Crippen molar-refractivity contribution >= 4 is 22.9 Å². The fraction of sp³-hybridized carbons (Fsp3) is 0.312. The van der Waals surface area contributed by atoms with Gasteiger partial charge in [0, 0.05) is 5.69 Å².